The summed E-state index contributed by atoms with van der Waals surface area (Å²) < 4.78 is 70.1. The van der Waals surface area contributed by atoms with Crippen molar-refractivity contribution in [3.05, 3.63) is 109 Å². The molecule has 0 radical (unpaired) electrons. The summed E-state index contributed by atoms with van der Waals surface area (Å²) in [6, 6.07) is 33.1. The number of methoxy groups -OCH3 is 4. The van der Waals surface area contributed by atoms with E-state index >= 15 is 9.13 Å². The topological polar surface area (TPSA) is 89.5 Å². The van der Waals surface area contributed by atoms with Crippen molar-refractivity contribution in [2.24, 2.45) is 0 Å². The molecule has 5 aromatic carbocycles. The number of hydrogen-bond donors (Lipinski definition) is 0. The second-order valence-corrected chi connectivity index (χ2v) is 32.4. The van der Waals surface area contributed by atoms with E-state index in [4.69, 9.17) is 27.8 Å². The minimum atomic E-state index is -3.78. The average Bonchev–Trinajstić information content (AvgIpc) is 3.19. The monoisotopic (exact) mass is 858 g/mol. The molecule has 0 aliphatic heterocycles. The first-order chi connectivity index (χ1) is 27.0. The van der Waals surface area contributed by atoms with Crippen LogP contribution in [0.5, 0.6) is 34.5 Å². The molecule has 5 rings (SSSR count). The Labute approximate surface area is 348 Å². The first-order valence-corrected chi connectivity index (χ1v) is 28.6. The molecule has 0 saturated heterocycles. The van der Waals surface area contributed by atoms with E-state index < -0.39 is 30.9 Å². The first-order valence-electron chi connectivity index (χ1n) is 19.4. The molecule has 0 spiro atoms. The van der Waals surface area contributed by atoms with Gasteiger partial charge < -0.3 is 36.9 Å². The Balaban J connectivity index is 2.01. The Morgan fingerprint density at radius 2 is 0.603 bits per heavy atom. The average molecular weight is 859 g/mol. The van der Waals surface area contributed by atoms with Gasteiger partial charge in [-0.05, 0) is 145 Å². The van der Waals surface area contributed by atoms with Crippen LogP contribution in [0.1, 0.15) is 41.5 Å². The van der Waals surface area contributed by atoms with Crippen molar-refractivity contribution in [1.29, 1.82) is 0 Å². The number of ether oxygens (including phenoxy) is 4. The minimum absolute atomic E-state index is 0.235. The third-order valence-corrected chi connectivity index (χ3v) is 26.6. The zero-order valence-electron chi connectivity index (χ0n) is 36.6. The molecule has 12 heteroatoms. The van der Waals surface area contributed by atoms with Crippen molar-refractivity contribution in [3.63, 3.8) is 0 Å². The van der Waals surface area contributed by atoms with Crippen LogP contribution < -0.4 is 59.6 Å². The molecule has 0 fully saturated rings. The van der Waals surface area contributed by atoms with Crippen molar-refractivity contribution in [1.82, 2.24) is 0 Å². The molecular weight excluding hydrogens is 799 g/mol. The predicted molar refractivity (Wildman–Crippen MR) is 247 cm³/mol. The van der Waals surface area contributed by atoms with Crippen molar-refractivity contribution < 1.29 is 36.9 Å². The highest BCUT2D eigenvalue weighted by Gasteiger charge is 2.46. The Morgan fingerprint density at radius 3 is 0.776 bits per heavy atom. The maximum atomic E-state index is 16.6. The van der Waals surface area contributed by atoms with Crippen LogP contribution in [0.2, 0.25) is 36.3 Å². The highest BCUT2D eigenvalue weighted by Crippen LogP contribution is 2.53. The van der Waals surface area contributed by atoms with Crippen LogP contribution in [0, 0.1) is 0 Å². The van der Waals surface area contributed by atoms with Crippen LogP contribution in [0.25, 0.3) is 0 Å². The summed E-state index contributed by atoms with van der Waals surface area (Å²) in [6.45, 7) is 21.7. The Hall–Kier alpha value is -4.21. The number of hydrogen-bond acceptors (Lipinski definition) is 8. The highest BCUT2D eigenvalue weighted by molar-refractivity contribution is 7.86. The summed E-state index contributed by atoms with van der Waals surface area (Å²) in [6.07, 6.45) is 0. The van der Waals surface area contributed by atoms with Crippen LogP contribution in [0.3, 0.4) is 0 Å². The molecule has 0 heterocycles. The van der Waals surface area contributed by atoms with Crippen molar-refractivity contribution in [2.45, 2.75) is 77.8 Å². The molecule has 0 atom stereocenters. The molecule has 58 heavy (non-hydrogen) atoms. The summed E-state index contributed by atoms with van der Waals surface area (Å²) in [5.74, 6) is 3.36. The standard InChI is InChI=1S/C46H60O8P2Si2/c1-45(2,3)57(11,12)53-41-31-44(56(48,39-27-19-35(51-9)20-28-39)40-29-21-36(52-10)22-30-40)42(54-58(13,14)46(4,5)6)32-43(41)55(47,37-23-15-33(49-7)16-24-37)38-25-17-34(50-8)18-26-38/h15-32H,1-14H3. The predicted octanol–water partition coefficient (Wildman–Crippen LogP) is 9.77. The maximum absolute atomic E-state index is 16.6. The normalized spacial score (nSPS) is 12.8. The van der Waals surface area contributed by atoms with E-state index in [0.717, 1.165) is 0 Å². The molecule has 0 aromatic heterocycles. The van der Waals surface area contributed by atoms with Gasteiger partial charge in [0.05, 0.1) is 39.0 Å². The second-order valence-electron chi connectivity index (χ2n) is 17.5. The van der Waals surface area contributed by atoms with E-state index in [1.165, 1.54) is 0 Å². The van der Waals surface area contributed by atoms with E-state index in [0.29, 0.717) is 66.3 Å². The SMILES string of the molecule is COc1ccc(P(=O)(c2ccc(OC)cc2)c2cc(O[Si](C)(C)C(C)(C)C)c(P(=O)(c3ccc(OC)cc3)c3ccc(OC)cc3)cc2O[Si](C)(C)C(C)(C)C)cc1. The van der Waals surface area contributed by atoms with E-state index in [-0.39, 0.29) is 10.1 Å². The molecule has 0 bridgehead atoms. The van der Waals surface area contributed by atoms with Gasteiger partial charge in [-0.15, -0.1) is 0 Å². The Bertz CT molecular complexity index is 2020. The molecule has 0 N–H and O–H groups in total. The number of benzene rings is 5. The third-order valence-electron chi connectivity index (χ3n) is 11.8. The lowest BCUT2D eigenvalue weighted by Crippen LogP contribution is -2.47. The fraction of sp³-hybridized carbons (Fsp3) is 0.348. The summed E-state index contributed by atoms with van der Waals surface area (Å²) in [4.78, 5) is 0. The molecular formula is C46H60O8P2Si2. The van der Waals surface area contributed by atoms with Gasteiger partial charge in [0.15, 0.2) is 14.3 Å². The van der Waals surface area contributed by atoms with E-state index in [1.807, 2.05) is 109 Å². The van der Waals surface area contributed by atoms with Gasteiger partial charge in [0.1, 0.15) is 34.5 Å². The van der Waals surface area contributed by atoms with Gasteiger partial charge in [-0.2, -0.15) is 0 Å². The Morgan fingerprint density at radius 1 is 0.397 bits per heavy atom. The lowest BCUT2D eigenvalue weighted by Gasteiger charge is -2.40. The minimum Gasteiger partial charge on any atom is -0.543 e. The zero-order valence-corrected chi connectivity index (χ0v) is 40.3. The summed E-state index contributed by atoms with van der Waals surface area (Å²) in [5.41, 5.74) is 0. The summed E-state index contributed by atoms with van der Waals surface area (Å²) in [5, 5.41) is 2.77. The summed E-state index contributed by atoms with van der Waals surface area (Å²) in [7, 11) is -6.47. The fourth-order valence-electron chi connectivity index (χ4n) is 6.07. The van der Waals surface area contributed by atoms with Gasteiger partial charge in [-0.3, -0.25) is 0 Å². The number of rotatable bonds is 14. The largest absolute Gasteiger partial charge is 0.543 e. The van der Waals surface area contributed by atoms with Gasteiger partial charge >= 0.3 is 0 Å². The van der Waals surface area contributed by atoms with E-state index in [2.05, 4.69) is 67.7 Å². The van der Waals surface area contributed by atoms with Crippen LogP contribution in [0.4, 0.5) is 0 Å². The quantitative estimate of drug-likeness (QED) is 0.0806. The zero-order chi connectivity index (χ0) is 42.9. The van der Waals surface area contributed by atoms with Crippen LogP contribution >= 0.6 is 14.3 Å². The van der Waals surface area contributed by atoms with Gasteiger partial charge in [-0.25, -0.2) is 0 Å². The van der Waals surface area contributed by atoms with Crippen LogP contribution in [-0.4, -0.2) is 45.1 Å². The molecule has 0 saturated carbocycles. The van der Waals surface area contributed by atoms with Crippen LogP contribution in [0.15, 0.2) is 109 Å². The molecule has 5 aromatic rings. The van der Waals surface area contributed by atoms with Crippen molar-refractivity contribution >= 4 is 62.7 Å². The van der Waals surface area contributed by atoms with Gasteiger partial charge in [0.2, 0.25) is 0 Å². The van der Waals surface area contributed by atoms with E-state index in [9.17, 15) is 0 Å². The molecule has 310 valence electrons. The molecule has 0 aliphatic carbocycles. The van der Waals surface area contributed by atoms with E-state index in [1.54, 1.807) is 28.4 Å². The summed E-state index contributed by atoms with van der Waals surface area (Å²) >= 11 is 0. The lowest BCUT2D eigenvalue weighted by atomic mass is 10.2. The van der Waals surface area contributed by atoms with Crippen LogP contribution in [-0.2, 0) is 9.13 Å². The second kappa shape index (κ2) is 16.8. The lowest BCUT2D eigenvalue weighted by molar-refractivity contribution is 0.415. The van der Waals surface area contributed by atoms with Gasteiger partial charge in [-0.1, -0.05) is 41.5 Å². The smallest absolute Gasteiger partial charge is 0.250 e. The van der Waals surface area contributed by atoms with Crippen molar-refractivity contribution in [3.8, 4) is 34.5 Å². The molecule has 0 aliphatic rings. The van der Waals surface area contributed by atoms with Gasteiger partial charge in [0.25, 0.3) is 16.6 Å². The Kier molecular flexibility index (Phi) is 13.0. The maximum Gasteiger partial charge on any atom is 0.250 e. The molecule has 0 unspecified atom stereocenters. The van der Waals surface area contributed by atoms with Gasteiger partial charge in [0, 0.05) is 21.2 Å². The highest BCUT2D eigenvalue weighted by atomic mass is 31.2. The molecule has 8 nitrogen and oxygen atoms in total. The first kappa shape index (κ1) is 44.9. The fourth-order valence-corrected chi connectivity index (χ4v) is 13.7. The van der Waals surface area contributed by atoms with Crippen molar-refractivity contribution in [2.75, 3.05) is 28.4 Å². The third kappa shape index (κ3) is 8.72. The molecule has 0 amide bonds.